The van der Waals surface area contributed by atoms with Crippen LogP contribution in [0.15, 0.2) is 24.3 Å². The van der Waals surface area contributed by atoms with E-state index in [1.807, 2.05) is 24.3 Å². The van der Waals surface area contributed by atoms with Crippen molar-refractivity contribution in [1.82, 2.24) is 15.1 Å². The van der Waals surface area contributed by atoms with E-state index in [-0.39, 0.29) is 11.8 Å². The first kappa shape index (κ1) is 8.96. The largest absolute Gasteiger partial charge is 0.272 e. The number of rotatable bonds is 2. The second-order valence-corrected chi connectivity index (χ2v) is 2.93. The van der Waals surface area contributed by atoms with Crippen molar-refractivity contribution in [1.29, 1.82) is 0 Å². The van der Waals surface area contributed by atoms with Crippen LogP contribution in [0.25, 0.3) is 11.0 Å². The lowest BCUT2D eigenvalue weighted by molar-refractivity contribution is -0.114. The minimum atomic E-state index is -0.317. The molecule has 14 heavy (non-hydrogen) atoms. The van der Waals surface area contributed by atoms with E-state index in [1.54, 1.807) is 0 Å². The maximum atomic E-state index is 11.0. The zero-order chi connectivity index (χ0) is 9.97. The van der Waals surface area contributed by atoms with E-state index in [4.69, 9.17) is 11.6 Å². The number of nitrogens with one attached hydrogen (secondary N) is 1. The quantitative estimate of drug-likeness (QED) is 0.744. The van der Waals surface area contributed by atoms with Gasteiger partial charge < -0.3 is 0 Å². The zero-order valence-corrected chi connectivity index (χ0v) is 7.90. The minimum absolute atomic E-state index is 0.103. The van der Waals surface area contributed by atoms with Crippen LogP contribution in [0, 0.1) is 0 Å². The molecule has 0 saturated carbocycles. The molecule has 0 atom stereocenters. The van der Waals surface area contributed by atoms with Crippen molar-refractivity contribution in [2.24, 2.45) is 0 Å². The summed E-state index contributed by atoms with van der Waals surface area (Å²) >= 11 is 5.35. The summed E-state index contributed by atoms with van der Waals surface area (Å²) in [5.74, 6) is -0.420. The van der Waals surface area contributed by atoms with Crippen molar-refractivity contribution in [3.63, 3.8) is 0 Å². The molecule has 0 saturated heterocycles. The number of benzene rings is 1. The first-order valence-electron chi connectivity index (χ1n) is 3.97. The average Bonchev–Trinajstić information content (AvgIpc) is 2.62. The van der Waals surface area contributed by atoms with Crippen LogP contribution in [0.1, 0.15) is 0 Å². The van der Waals surface area contributed by atoms with Gasteiger partial charge in [0.25, 0.3) is 5.91 Å². The van der Waals surface area contributed by atoms with Crippen LogP contribution in [0.4, 0.5) is 0 Å². The molecule has 0 aliphatic carbocycles. The average molecular weight is 211 g/mol. The predicted molar refractivity (Wildman–Crippen MR) is 52.6 cm³/mol. The summed E-state index contributed by atoms with van der Waals surface area (Å²) in [7, 11) is 0. The number of hydrogen-bond donors (Lipinski definition) is 1. The lowest BCUT2D eigenvalue weighted by Gasteiger charge is -2.01. The van der Waals surface area contributed by atoms with Gasteiger partial charge in [0.1, 0.15) is 16.9 Å². The molecule has 1 aromatic carbocycles. The SMILES string of the molecule is O=C(CCl)Nn1nnc2ccccc21. The number of carbonyl (C=O) groups excluding carboxylic acids is 1. The number of nitrogens with zero attached hydrogens (tertiary/aromatic N) is 3. The van der Waals surface area contributed by atoms with Crippen molar-refractivity contribution < 1.29 is 4.79 Å². The predicted octanol–water partition coefficient (Wildman–Crippen LogP) is 0.740. The molecule has 0 spiro atoms. The summed E-state index contributed by atoms with van der Waals surface area (Å²) < 4.78 is 0. The van der Waals surface area contributed by atoms with Gasteiger partial charge in [-0.1, -0.05) is 12.1 Å². The number of halogens is 1. The van der Waals surface area contributed by atoms with Crippen LogP contribution in [-0.2, 0) is 4.79 Å². The standard InChI is InChI=1S/C8H7ClN4O/c9-5-8(14)11-13-7-4-2-1-3-6(7)10-12-13/h1-4H,5H2,(H,11,14). The van der Waals surface area contributed by atoms with E-state index in [0.29, 0.717) is 0 Å². The third kappa shape index (κ3) is 1.54. The van der Waals surface area contributed by atoms with E-state index in [9.17, 15) is 4.79 Å². The van der Waals surface area contributed by atoms with Crippen molar-refractivity contribution in [3.8, 4) is 0 Å². The summed E-state index contributed by atoms with van der Waals surface area (Å²) in [5, 5.41) is 7.62. The molecule has 0 aliphatic rings. The Bertz CT molecular complexity index is 467. The maximum absolute atomic E-state index is 11.0. The Labute approximate surface area is 84.6 Å². The summed E-state index contributed by atoms with van der Waals surface area (Å²) in [4.78, 5) is 12.3. The Hall–Kier alpha value is -1.62. The van der Waals surface area contributed by atoms with Gasteiger partial charge in [-0.05, 0) is 17.3 Å². The van der Waals surface area contributed by atoms with Crippen LogP contribution >= 0.6 is 11.6 Å². The summed E-state index contributed by atoms with van der Waals surface area (Å²) in [6.45, 7) is 0. The van der Waals surface area contributed by atoms with E-state index >= 15 is 0 Å². The Kier molecular flexibility index (Phi) is 2.32. The molecular weight excluding hydrogens is 204 g/mol. The van der Waals surface area contributed by atoms with Crippen molar-refractivity contribution in [2.75, 3.05) is 11.3 Å². The Morgan fingerprint density at radius 1 is 1.50 bits per heavy atom. The van der Waals surface area contributed by atoms with Crippen molar-refractivity contribution in [2.45, 2.75) is 0 Å². The fourth-order valence-corrected chi connectivity index (χ4v) is 1.16. The summed E-state index contributed by atoms with van der Waals surface area (Å²) in [6.07, 6.45) is 0. The normalized spacial score (nSPS) is 10.4. The Balaban J connectivity index is 2.38. The zero-order valence-electron chi connectivity index (χ0n) is 7.14. The molecule has 0 radical (unpaired) electrons. The first-order chi connectivity index (χ1) is 6.81. The molecule has 1 aromatic heterocycles. The molecule has 0 bridgehead atoms. The van der Waals surface area contributed by atoms with Crippen LogP contribution in [0.2, 0.25) is 0 Å². The molecule has 0 fully saturated rings. The van der Waals surface area contributed by atoms with Crippen molar-refractivity contribution in [3.05, 3.63) is 24.3 Å². The number of alkyl halides is 1. The van der Waals surface area contributed by atoms with E-state index < -0.39 is 0 Å². The molecule has 1 amide bonds. The highest BCUT2D eigenvalue weighted by Crippen LogP contribution is 2.07. The number of aromatic nitrogens is 3. The molecule has 1 N–H and O–H groups in total. The summed E-state index contributed by atoms with van der Waals surface area (Å²) in [6, 6.07) is 7.31. The highest BCUT2D eigenvalue weighted by Gasteiger charge is 2.05. The molecule has 2 rings (SSSR count). The number of para-hydroxylation sites is 1. The number of carbonyl (C=O) groups is 1. The van der Waals surface area contributed by atoms with Gasteiger partial charge in [-0.25, -0.2) is 5.43 Å². The number of fused-ring (bicyclic) bond motifs is 1. The molecule has 6 heteroatoms. The van der Waals surface area contributed by atoms with Crippen LogP contribution < -0.4 is 5.43 Å². The van der Waals surface area contributed by atoms with Crippen LogP contribution in [0.3, 0.4) is 0 Å². The second kappa shape index (κ2) is 3.63. The van der Waals surface area contributed by atoms with Crippen LogP contribution in [0.5, 0.6) is 0 Å². The molecule has 5 nitrogen and oxygen atoms in total. The lowest BCUT2D eigenvalue weighted by Crippen LogP contribution is -2.24. The van der Waals surface area contributed by atoms with Gasteiger partial charge in [-0.2, -0.15) is 4.79 Å². The molecule has 72 valence electrons. The fourth-order valence-electron chi connectivity index (χ4n) is 1.10. The molecular formula is C8H7ClN4O. The first-order valence-corrected chi connectivity index (χ1v) is 4.51. The topological polar surface area (TPSA) is 59.8 Å². The van der Waals surface area contributed by atoms with Gasteiger partial charge in [-0.15, -0.1) is 16.7 Å². The monoisotopic (exact) mass is 210 g/mol. The molecule has 1 heterocycles. The smallest absolute Gasteiger partial charge is 0.255 e. The third-order valence-corrected chi connectivity index (χ3v) is 1.95. The van der Waals surface area contributed by atoms with Gasteiger partial charge in [0.2, 0.25) is 0 Å². The highest BCUT2D eigenvalue weighted by atomic mass is 35.5. The van der Waals surface area contributed by atoms with Gasteiger partial charge in [0, 0.05) is 0 Å². The van der Waals surface area contributed by atoms with E-state index in [0.717, 1.165) is 11.0 Å². The van der Waals surface area contributed by atoms with E-state index in [2.05, 4.69) is 15.7 Å². The van der Waals surface area contributed by atoms with Crippen LogP contribution in [-0.4, -0.2) is 26.9 Å². The van der Waals surface area contributed by atoms with Gasteiger partial charge in [-0.3, -0.25) is 4.79 Å². The minimum Gasteiger partial charge on any atom is -0.272 e. The Morgan fingerprint density at radius 2 is 2.29 bits per heavy atom. The number of amides is 1. The maximum Gasteiger partial charge on any atom is 0.255 e. The number of hydrogen-bond acceptors (Lipinski definition) is 3. The molecule has 0 unspecified atom stereocenters. The Morgan fingerprint density at radius 3 is 3.07 bits per heavy atom. The van der Waals surface area contributed by atoms with Crippen molar-refractivity contribution >= 4 is 28.5 Å². The lowest BCUT2D eigenvalue weighted by atomic mass is 10.3. The van der Waals surface area contributed by atoms with E-state index in [1.165, 1.54) is 4.79 Å². The van der Waals surface area contributed by atoms with Gasteiger partial charge >= 0.3 is 0 Å². The fraction of sp³-hybridized carbons (Fsp3) is 0.125. The molecule has 0 aliphatic heterocycles. The highest BCUT2D eigenvalue weighted by molar-refractivity contribution is 6.28. The summed E-state index contributed by atoms with van der Waals surface area (Å²) in [5.41, 5.74) is 3.95. The van der Waals surface area contributed by atoms with Gasteiger partial charge in [0.05, 0.1) is 0 Å². The molecule has 2 aromatic rings. The third-order valence-electron chi connectivity index (χ3n) is 1.70. The second-order valence-electron chi connectivity index (χ2n) is 2.66. The van der Waals surface area contributed by atoms with Gasteiger partial charge in [0.15, 0.2) is 0 Å².